The first-order valence-corrected chi connectivity index (χ1v) is 11.2. The van der Waals surface area contributed by atoms with E-state index in [0.717, 1.165) is 12.4 Å². The van der Waals surface area contributed by atoms with Gasteiger partial charge in [0.25, 0.3) is 0 Å². The number of hydrogen-bond donors (Lipinski definition) is 2. The van der Waals surface area contributed by atoms with E-state index in [9.17, 15) is 13.5 Å². The van der Waals surface area contributed by atoms with Gasteiger partial charge < -0.3 is 19.6 Å². The number of para-hydroxylation sites is 1. The van der Waals surface area contributed by atoms with Crippen LogP contribution in [0.2, 0.25) is 0 Å². The van der Waals surface area contributed by atoms with Crippen LogP contribution in [0.25, 0.3) is 0 Å². The van der Waals surface area contributed by atoms with Gasteiger partial charge >= 0.3 is 0 Å². The largest absolute Gasteiger partial charge is 0.486 e. The molecule has 1 aromatic carbocycles. The highest BCUT2D eigenvalue weighted by atomic mass is 32.2. The summed E-state index contributed by atoms with van der Waals surface area (Å²) < 4.78 is 39.5. The van der Waals surface area contributed by atoms with Gasteiger partial charge in [-0.3, -0.25) is 4.90 Å². The normalized spacial score (nSPS) is 27.3. The summed E-state index contributed by atoms with van der Waals surface area (Å²) in [5.41, 5.74) is -0.466. The van der Waals surface area contributed by atoms with Gasteiger partial charge in [0, 0.05) is 44.0 Å². The number of likely N-dealkylation sites (tertiary alicyclic amines) is 1. The van der Waals surface area contributed by atoms with Gasteiger partial charge in [-0.25, -0.2) is 13.4 Å². The van der Waals surface area contributed by atoms with Crippen LogP contribution in [0.1, 0.15) is 5.82 Å². The van der Waals surface area contributed by atoms with Gasteiger partial charge in [-0.15, -0.1) is 0 Å². The molecule has 2 N–H and O–H groups in total. The molecule has 10 heteroatoms. The lowest BCUT2D eigenvalue weighted by Crippen LogP contribution is -2.39. The number of sulfonamides is 1. The van der Waals surface area contributed by atoms with E-state index in [-0.39, 0.29) is 29.7 Å². The van der Waals surface area contributed by atoms with E-state index < -0.39 is 15.4 Å². The van der Waals surface area contributed by atoms with Crippen LogP contribution < -0.4 is 9.47 Å². The Morgan fingerprint density at radius 1 is 1.24 bits per heavy atom. The topological polar surface area (TPSA) is 108 Å². The summed E-state index contributed by atoms with van der Waals surface area (Å²) in [5.74, 6) is 1.68. The van der Waals surface area contributed by atoms with E-state index in [1.807, 2.05) is 0 Å². The quantitative estimate of drug-likeness (QED) is 0.716. The highest BCUT2D eigenvalue weighted by Crippen LogP contribution is 2.46. The number of rotatable bonds is 5. The van der Waals surface area contributed by atoms with Crippen LogP contribution in [0.15, 0.2) is 35.5 Å². The van der Waals surface area contributed by atoms with Crippen molar-refractivity contribution in [2.75, 3.05) is 46.0 Å². The number of H-pyrrole nitrogens is 1. The standard InChI is InChI=1S/C19H24N4O5S/c24-13-19-11-22(10-17-20-4-5-21-17)8-14(19)9-23(12-19)29(25,26)16-3-1-2-15-18(16)28-7-6-27-15/h1-5,14,24H,6-13H2,(H,20,21). The van der Waals surface area contributed by atoms with Gasteiger partial charge in [0.1, 0.15) is 23.9 Å². The third-order valence-corrected chi connectivity index (χ3v) is 8.02. The Morgan fingerprint density at radius 3 is 2.86 bits per heavy atom. The molecule has 2 saturated heterocycles. The zero-order valence-electron chi connectivity index (χ0n) is 16.0. The summed E-state index contributed by atoms with van der Waals surface area (Å²) in [4.78, 5) is 9.72. The van der Waals surface area contributed by atoms with Gasteiger partial charge in [-0.1, -0.05) is 6.07 Å². The van der Waals surface area contributed by atoms with E-state index in [2.05, 4.69) is 14.9 Å². The fourth-order valence-corrected chi connectivity index (χ4v) is 6.48. The number of hydrogen-bond acceptors (Lipinski definition) is 7. The average Bonchev–Trinajstić information content (AvgIpc) is 3.43. The zero-order chi connectivity index (χ0) is 20.1. The van der Waals surface area contributed by atoms with Crippen molar-refractivity contribution in [1.29, 1.82) is 0 Å². The van der Waals surface area contributed by atoms with Crippen LogP contribution >= 0.6 is 0 Å². The second-order valence-corrected chi connectivity index (χ2v) is 9.91. The predicted molar refractivity (Wildman–Crippen MR) is 103 cm³/mol. The Bertz CT molecular complexity index is 996. The lowest BCUT2D eigenvalue weighted by atomic mass is 9.82. The molecular weight excluding hydrogens is 396 g/mol. The predicted octanol–water partition coefficient (Wildman–Crippen LogP) is 0.296. The van der Waals surface area contributed by atoms with E-state index in [0.29, 0.717) is 38.6 Å². The maximum Gasteiger partial charge on any atom is 0.246 e. The number of aliphatic hydroxyl groups excluding tert-OH is 1. The first kappa shape index (κ1) is 18.9. The third-order valence-electron chi connectivity index (χ3n) is 6.19. The van der Waals surface area contributed by atoms with Crippen molar-refractivity contribution >= 4 is 10.0 Å². The number of benzene rings is 1. The lowest BCUT2D eigenvalue weighted by Gasteiger charge is -2.28. The molecule has 0 spiro atoms. The minimum Gasteiger partial charge on any atom is -0.486 e. The second kappa shape index (κ2) is 6.98. The molecule has 29 heavy (non-hydrogen) atoms. The van der Waals surface area contributed by atoms with Crippen LogP contribution in [-0.2, 0) is 16.6 Å². The summed E-state index contributed by atoms with van der Waals surface area (Å²) in [7, 11) is -3.76. The molecule has 9 nitrogen and oxygen atoms in total. The lowest BCUT2D eigenvalue weighted by molar-refractivity contribution is 0.119. The molecule has 2 aromatic rings. The number of ether oxygens (including phenoxy) is 2. The van der Waals surface area contributed by atoms with Crippen molar-refractivity contribution in [3.8, 4) is 11.5 Å². The number of nitrogens with zero attached hydrogens (tertiary/aromatic N) is 3. The molecule has 4 heterocycles. The molecule has 2 unspecified atom stereocenters. The number of aromatic nitrogens is 2. The third kappa shape index (κ3) is 3.10. The van der Waals surface area contributed by atoms with Gasteiger partial charge in [-0.2, -0.15) is 4.31 Å². The number of aromatic amines is 1. The molecule has 3 aliphatic heterocycles. The van der Waals surface area contributed by atoms with Crippen molar-refractivity contribution in [3.63, 3.8) is 0 Å². The van der Waals surface area contributed by atoms with Crippen molar-refractivity contribution in [1.82, 2.24) is 19.2 Å². The molecule has 0 saturated carbocycles. The van der Waals surface area contributed by atoms with E-state index in [1.54, 1.807) is 30.6 Å². The van der Waals surface area contributed by atoms with Crippen LogP contribution in [0.4, 0.5) is 0 Å². The molecule has 2 atom stereocenters. The molecule has 2 fully saturated rings. The molecule has 5 rings (SSSR count). The number of imidazole rings is 1. The molecule has 0 radical (unpaired) electrons. The number of aliphatic hydroxyl groups is 1. The van der Waals surface area contributed by atoms with E-state index >= 15 is 0 Å². The fraction of sp³-hybridized carbons (Fsp3) is 0.526. The molecular formula is C19H24N4O5S. The van der Waals surface area contributed by atoms with E-state index in [4.69, 9.17) is 9.47 Å². The Morgan fingerprint density at radius 2 is 2.10 bits per heavy atom. The summed E-state index contributed by atoms with van der Waals surface area (Å²) >= 11 is 0. The number of fused-ring (bicyclic) bond motifs is 2. The second-order valence-electron chi connectivity index (χ2n) is 8.00. The first-order valence-electron chi connectivity index (χ1n) is 9.72. The molecule has 0 aliphatic carbocycles. The smallest absolute Gasteiger partial charge is 0.246 e. The maximum absolute atomic E-state index is 13.4. The summed E-state index contributed by atoms with van der Waals surface area (Å²) in [6.45, 7) is 3.36. The van der Waals surface area contributed by atoms with Crippen LogP contribution in [0, 0.1) is 11.3 Å². The Balaban J connectivity index is 1.38. The Hall–Kier alpha value is -2.14. The minimum atomic E-state index is -3.76. The van der Waals surface area contributed by atoms with Crippen molar-refractivity contribution in [3.05, 3.63) is 36.4 Å². The minimum absolute atomic E-state index is 0.0507. The highest BCUT2D eigenvalue weighted by Gasteiger charge is 2.55. The highest BCUT2D eigenvalue weighted by molar-refractivity contribution is 7.89. The summed E-state index contributed by atoms with van der Waals surface area (Å²) in [6, 6.07) is 4.95. The monoisotopic (exact) mass is 420 g/mol. The number of nitrogens with one attached hydrogen (secondary N) is 1. The zero-order valence-corrected chi connectivity index (χ0v) is 16.8. The Kier molecular flexibility index (Phi) is 4.54. The fourth-order valence-electron chi connectivity index (χ4n) is 4.75. The van der Waals surface area contributed by atoms with Gasteiger partial charge in [0.2, 0.25) is 10.0 Å². The summed E-state index contributed by atoms with van der Waals surface area (Å²) in [6.07, 6.45) is 3.50. The molecule has 156 valence electrons. The molecule has 1 aromatic heterocycles. The molecule has 0 bridgehead atoms. The van der Waals surface area contributed by atoms with Gasteiger partial charge in [0.15, 0.2) is 11.5 Å². The summed E-state index contributed by atoms with van der Waals surface area (Å²) in [5, 5.41) is 10.2. The van der Waals surface area contributed by atoms with Crippen LogP contribution in [0.5, 0.6) is 11.5 Å². The van der Waals surface area contributed by atoms with E-state index in [1.165, 1.54) is 4.31 Å². The van der Waals surface area contributed by atoms with Crippen molar-refractivity contribution < 1.29 is 23.0 Å². The SMILES string of the molecule is O=S(=O)(c1cccc2c1OCCO2)N1CC2CN(Cc3ncc[nH]3)CC2(CO)C1. The van der Waals surface area contributed by atoms with Gasteiger partial charge in [-0.05, 0) is 18.1 Å². The molecule has 0 amide bonds. The van der Waals surface area contributed by atoms with Gasteiger partial charge in [0.05, 0.1) is 13.2 Å². The maximum atomic E-state index is 13.4. The van der Waals surface area contributed by atoms with Crippen LogP contribution in [-0.4, -0.2) is 78.7 Å². The van der Waals surface area contributed by atoms with Crippen molar-refractivity contribution in [2.24, 2.45) is 11.3 Å². The first-order chi connectivity index (χ1) is 14.0. The Labute approximate surface area is 169 Å². The van der Waals surface area contributed by atoms with Crippen molar-refractivity contribution in [2.45, 2.75) is 11.4 Å². The average molecular weight is 420 g/mol. The van der Waals surface area contributed by atoms with Crippen LogP contribution in [0.3, 0.4) is 0 Å². The molecule has 3 aliphatic rings.